The molecule has 1 saturated heterocycles. The van der Waals surface area contributed by atoms with Gasteiger partial charge in [0.25, 0.3) is 0 Å². The van der Waals surface area contributed by atoms with Crippen molar-refractivity contribution in [1.82, 2.24) is 5.32 Å². The van der Waals surface area contributed by atoms with Gasteiger partial charge in [-0.05, 0) is 31.7 Å². The third kappa shape index (κ3) is 4.29. The van der Waals surface area contributed by atoms with Crippen LogP contribution in [0.15, 0.2) is 30.3 Å². The highest BCUT2D eigenvalue weighted by Gasteiger charge is 2.32. The number of rotatable bonds is 6. The van der Waals surface area contributed by atoms with E-state index in [9.17, 15) is 9.90 Å². The summed E-state index contributed by atoms with van der Waals surface area (Å²) in [6.45, 7) is 4.88. The van der Waals surface area contributed by atoms with Gasteiger partial charge in [0.1, 0.15) is 6.10 Å². The van der Waals surface area contributed by atoms with E-state index in [2.05, 4.69) is 5.32 Å². The number of carbonyl (C=O) groups excluding carboxylic acids is 1. The molecule has 0 unspecified atom stereocenters. The number of nitrogens with one attached hydrogen (secondary N) is 1. The Morgan fingerprint density at radius 3 is 2.76 bits per heavy atom. The van der Waals surface area contributed by atoms with E-state index in [1.807, 2.05) is 37.3 Å². The zero-order chi connectivity index (χ0) is 15.3. The normalized spacial score (nSPS) is 22.5. The predicted octanol–water partition coefficient (Wildman–Crippen LogP) is 1.91. The summed E-state index contributed by atoms with van der Waals surface area (Å²) in [4.78, 5) is 12.0. The SMILES string of the molecule is C[C@H](O)[C@](C)(CNC(=O)[C@H]1CCCO1)Cc1ccccc1. The number of carbonyl (C=O) groups is 1. The van der Waals surface area contributed by atoms with Crippen molar-refractivity contribution in [2.24, 2.45) is 5.41 Å². The Bertz CT molecular complexity index is 454. The van der Waals surface area contributed by atoms with Crippen LogP contribution in [-0.4, -0.2) is 36.4 Å². The lowest BCUT2D eigenvalue weighted by molar-refractivity contribution is -0.130. The first-order valence-electron chi connectivity index (χ1n) is 7.62. The Labute approximate surface area is 126 Å². The molecule has 1 aromatic rings. The summed E-state index contributed by atoms with van der Waals surface area (Å²) in [6, 6.07) is 10.0. The van der Waals surface area contributed by atoms with Crippen LogP contribution in [0, 0.1) is 5.41 Å². The average molecular weight is 291 g/mol. The Morgan fingerprint density at radius 1 is 1.48 bits per heavy atom. The van der Waals surface area contributed by atoms with E-state index in [1.165, 1.54) is 0 Å². The fraction of sp³-hybridized carbons (Fsp3) is 0.588. The third-order valence-electron chi connectivity index (χ3n) is 4.35. The molecule has 0 saturated carbocycles. The molecule has 1 aliphatic heterocycles. The van der Waals surface area contributed by atoms with Gasteiger partial charge in [-0.15, -0.1) is 0 Å². The van der Waals surface area contributed by atoms with Crippen LogP contribution >= 0.6 is 0 Å². The molecule has 4 heteroatoms. The van der Waals surface area contributed by atoms with Crippen LogP contribution < -0.4 is 5.32 Å². The molecule has 0 bridgehead atoms. The first-order chi connectivity index (χ1) is 10.0. The molecule has 1 aromatic carbocycles. The molecule has 3 atom stereocenters. The molecule has 1 heterocycles. The third-order valence-corrected chi connectivity index (χ3v) is 4.35. The van der Waals surface area contributed by atoms with Gasteiger partial charge in [-0.1, -0.05) is 37.3 Å². The first-order valence-corrected chi connectivity index (χ1v) is 7.62. The summed E-state index contributed by atoms with van der Waals surface area (Å²) in [5, 5.41) is 13.1. The Morgan fingerprint density at radius 2 is 2.19 bits per heavy atom. The number of aliphatic hydroxyl groups excluding tert-OH is 1. The van der Waals surface area contributed by atoms with Crippen molar-refractivity contribution in [3.8, 4) is 0 Å². The van der Waals surface area contributed by atoms with E-state index < -0.39 is 11.5 Å². The van der Waals surface area contributed by atoms with Crippen molar-refractivity contribution in [3.05, 3.63) is 35.9 Å². The molecule has 0 spiro atoms. The van der Waals surface area contributed by atoms with Gasteiger partial charge < -0.3 is 15.2 Å². The molecule has 0 radical (unpaired) electrons. The summed E-state index contributed by atoms with van der Waals surface area (Å²) in [5.74, 6) is -0.0626. The van der Waals surface area contributed by atoms with E-state index >= 15 is 0 Å². The lowest BCUT2D eigenvalue weighted by Crippen LogP contribution is -2.46. The van der Waals surface area contributed by atoms with E-state index in [0.717, 1.165) is 24.8 Å². The summed E-state index contributed by atoms with van der Waals surface area (Å²) in [6.07, 6.45) is 1.62. The summed E-state index contributed by atoms with van der Waals surface area (Å²) < 4.78 is 5.38. The number of hydrogen-bond acceptors (Lipinski definition) is 3. The maximum atomic E-state index is 12.0. The molecule has 0 aliphatic carbocycles. The van der Waals surface area contributed by atoms with Crippen molar-refractivity contribution in [2.75, 3.05) is 13.2 Å². The maximum absolute atomic E-state index is 12.0. The number of hydrogen-bond donors (Lipinski definition) is 2. The topological polar surface area (TPSA) is 58.6 Å². The summed E-state index contributed by atoms with van der Waals surface area (Å²) in [7, 11) is 0. The molecule has 0 aromatic heterocycles. The zero-order valence-corrected chi connectivity index (χ0v) is 12.8. The highest BCUT2D eigenvalue weighted by atomic mass is 16.5. The van der Waals surface area contributed by atoms with Crippen LogP contribution in [0.5, 0.6) is 0 Å². The molecule has 1 amide bonds. The minimum absolute atomic E-state index is 0.0626. The van der Waals surface area contributed by atoms with Crippen molar-refractivity contribution in [2.45, 2.75) is 45.3 Å². The monoisotopic (exact) mass is 291 g/mol. The van der Waals surface area contributed by atoms with Crippen LogP contribution in [0.3, 0.4) is 0 Å². The van der Waals surface area contributed by atoms with E-state index in [-0.39, 0.29) is 12.0 Å². The second-order valence-corrected chi connectivity index (χ2v) is 6.21. The molecule has 116 valence electrons. The molecule has 2 N–H and O–H groups in total. The van der Waals surface area contributed by atoms with Crippen molar-refractivity contribution in [3.63, 3.8) is 0 Å². The highest BCUT2D eigenvalue weighted by molar-refractivity contribution is 5.81. The van der Waals surface area contributed by atoms with Gasteiger partial charge in [0.05, 0.1) is 6.10 Å². The maximum Gasteiger partial charge on any atom is 0.249 e. The quantitative estimate of drug-likeness (QED) is 0.842. The van der Waals surface area contributed by atoms with Crippen molar-refractivity contribution < 1.29 is 14.6 Å². The lowest BCUT2D eigenvalue weighted by atomic mass is 9.79. The van der Waals surface area contributed by atoms with Crippen LogP contribution in [0.2, 0.25) is 0 Å². The van der Waals surface area contributed by atoms with Crippen molar-refractivity contribution >= 4 is 5.91 Å². The van der Waals surface area contributed by atoms with Gasteiger partial charge in [-0.25, -0.2) is 0 Å². The lowest BCUT2D eigenvalue weighted by Gasteiger charge is -2.33. The van der Waals surface area contributed by atoms with Crippen LogP contribution in [0.25, 0.3) is 0 Å². The second-order valence-electron chi connectivity index (χ2n) is 6.21. The average Bonchev–Trinajstić information content (AvgIpc) is 3.00. The Hall–Kier alpha value is -1.39. The molecule has 1 aliphatic rings. The molecular weight excluding hydrogens is 266 g/mol. The number of aliphatic hydroxyl groups is 1. The van der Waals surface area contributed by atoms with Gasteiger partial charge in [0.2, 0.25) is 5.91 Å². The molecule has 21 heavy (non-hydrogen) atoms. The Balaban J connectivity index is 1.95. The molecule has 2 rings (SSSR count). The van der Waals surface area contributed by atoms with E-state index in [4.69, 9.17) is 4.74 Å². The van der Waals surface area contributed by atoms with E-state index in [0.29, 0.717) is 13.2 Å². The zero-order valence-electron chi connectivity index (χ0n) is 12.8. The fourth-order valence-corrected chi connectivity index (χ4v) is 2.61. The summed E-state index contributed by atoms with van der Waals surface area (Å²) in [5.41, 5.74) is 0.766. The minimum atomic E-state index is -0.512. The number of amides is 1. The van der Waals surface area contributed by atoms with Crippen molar-refractivity contribution in [1.29, 1.82) is 0 Å². The van der Waals surface area contributed by atoms with Crippen LogP contribution in [0.1, 0.15) is 32.3 Å². The molecule has 1 fully saturated rings. The number of benzene rings is 1. The van der Waals surface area contributed by atoms with Crippen LogP contribution in [-0.2, 0) is 16.0 Å². The van der Waals surface area contributed by atoms with Gasteiger partial charge in [0.15, 0.2) is 0 Å². The Kier molecular flexibility index (Phi) is 5.37. The predicted molar refractivity (Wildman–Crippen MR) is 81.9 cm³/mol. The molecule has 4 nitrogen and oxygen atoms in total. The standard InChI is InChI=1S/C17H25NO3/c1-13(19)17(2,11-14-7-4-3-5-8-14)12-18-16(20)15-9-6-10-21-15/h3-5,7-8,13,15,19H,6,9-12H2,1-2H3,(H,18,20)/t13-,15+,17-/m0/s1. The largest absolute Gasteiger partial charge is 0.393 e. The number of ether oxygens (including phenoxy) is 1. The van der Waals surface area contributed by atoms with Gasteiger partial charge in [-0.3, -0.25) is 4.79 Å². The minimum Gasteiger partial charge on any atom is -0.393 e. The molecular formula is C17H25NO3. The second kappa shape index (κ2) is 7.05. The first kappa shape index (κ1) is 16.0. The summed E-state index contributed by atoms with van der Waals surface area (Å²) >= 11 is 0. The smallest absolute Gasteiger partial charge is 0.249 e. The van der Waals surface area contributed by atoms with Gasteiger partial charge in [-0.2, -0.15) is 0 Å². The van der Waals surface area contributed by atoms with Gasteiger partial charge >= 0.3 is 0 Å². The fourth-order valence-electron chi connectivity index (χ4n) is 2.61. The van der Waals surface area contributed by atoms with E-state index in [1.54, 1.807) is 6.92 Å². The highest BCUT2D eigenvalue weighted by Crippen LogP contribution is 2.26. The van der Waals surface area contributed by atoms with Crippen LogP contribution in [0.4, 0.5) is 0 Å². The van der Waals surface area contributed by atoms with Gasteiger partial charge in [0, 0.05) is 18.6 Å².